The van der Waals surface area contributed by atoms with E-state index in [1.807, 2.05) is 23.1 Å². The molecule has 1 atom stereocenters. The second-order valence-electron chi connectivity index (χ2n) is 7.38. The predicted molar refractivity (Wildman–Crippen MR) is 104 cm³/mol. The minimum absolute atomic E-state index is 0.0422. The Morgan fingerprint density at radius 2 is 1.85 bits per heavy atom. The Kier molecular flexibility index (Phi) is 6.29. The molecule has 1 unspecified atom stereocenters. The Morgan fingerprint density at radius 1 is 1.11 bits per heavy atom. The SMILES string of the molecule is COc1ccc(C2CCCN2C(=O)CCS(=O)(=O)C2CCCC2)c(OC)c1. The van der Waals surface area contributed by atoms with Crippen LogP contribution in [0.1, 0.15) is 56.6 Å². The van der Waals surface area contributed by atoms with Crippen molar-refractivity contribution in [3.63, 3.8) is 0 Å². The first-order valence-electron chi connectivity index (χ1n) is 9.69. The Balaban J connectivity index is 1.69. The number of carbonyl (C=O) groups excluding carboxylic acids is 1. The van der Waals surface area contributed by atoms with Gasteiger partial charge in [0.1, 0.15) is 11.5 Å². The van der Waals surface area contributed by atoms with E-state index < -0.39 is 9.84 Å². The van der Waals surface area contributed by atoms with Crippen molar-refractivity contribution in [3.05, 3.63) is 23.8 Å². The van der Waals surface area contributed by atoms with Gasteiger partial charge in [-0.2, -0.15) is 0 Å². The zero-order valence-corrected chi connectivity index (χ0v) is 17.0. The molecule has 1 aromatic carbocycles. The van der Waals surface area contributed by atoms with Crippen molar-refractivity contribution in [1.82, 2.24) is 4.90 Å². The van der Waals surface area contributed by atoms with Crippen LogP contribution < -0.4 is 9.47 Å². The van der Waals surface area contributed by atoms with E-state index in [4.69, 9.17) is 9.47 Å². The van der Waals surface area contributed by atoms with Crippen molar-refractivity contribution >= 4 is 15.7 Å². The van der Waals surface area contributed by atoms with E-state index in [1.54, 1.807) is 14.2 Å². The van der Waals surface area contributed by atoms with Gasteiger partial charge in [-0.25, -0.2) is 8.42 Å². The van der Waals surface area contributed by atoms with E-state index in [1.165, 1.54) is 0 Å². The lowest BCUT2D eigenvalue weighted by Gasteiger charge is -2.27. The molecule has 6 nitrogen and oxygen atoms in total. The zero-order valence-electron chi connectivity index (χ0n) is 16.1. The summed E-state index contributed by atoms with van der Waals surface area (Å²) in [6.45, 7) is 0.655. The number of likely N-dealkylation sites (tertiary alicyclic amines) is 1. The van der Waals surface area contributed by atoms with Crippen molar-refractivity contribution < 1.29 is 22.7 Å². The average Bonchev–Trinajstić information content (AvgIpc) is 3.37. The number of rotatable bonds is 7. The maximum Gasteiger partial charge on any atom is 0.224 e. The van der Waals surface area contributed by atoms with E-state index in [0.29, 0.717) is 18.0 Å². The van der Waals surface area contributed by atoms with Crippen molar-refractivity contribution in [1.29, 1.82) is 0 Å². The van der Waals surface area contributed by atoms with Crippen molar-refractivity contribution in [2.45, 2.75) is 56.2 Å². The van der Waals surface area contributed by atoms with E-state index in [0.717, 1.165) is 44.1 Å². The highest BCUT2D eigenvalue weighted by Crippen LogP contribution is 2.39. The first-order valence-corrected chi connectivity index (χ1v) is 11.4. The smallest absolute Gasteiger partial charge is 0.224 e. The highest BCUT2D eigenvalue weighted by atomic mass is 32.2. The summed E-state index contributed by atoms with van der Waals surface area (Å²) in [7, 11) is 0.0293. The molecule has 3 rings (SSSR count). The summed E-state index contributed by atoms with van der Waals surface area (Å²) in [5.41, 5.74) is 0.947. The molecule has 1 aliphatic heterocycles. The van der Waals surface area contributed by atoms with Crippen LogP contribution in [0.2, 0.25) is 0 Å². The molecule has 1 aliphatic carbocycles. The van der Waals surface area contributed by atoms with E-state index >= 15 is 0 Å². The summed E-state index contributed by atoms with van der Waals surface area (Å²) < 4.78 is 35.7. The number of benzene rings is 1. The molecule has 1 heterocycles. The molecule has 0 bridgehead atoms. The largest absolute Gasteiger partial charge is 0.497 e. The van der Waals surface area contributed by atoms with Gasteiger partial charge in [-0.05, 0) is 37.8 Å². The van der Waals surface area contributed by atoms with Gasteiger partial charge in [0.15, 0.2) is 9.84 Å². The lowest BCUT2D eigenvalue weighted by molar-refractivity contribution is -0.131. The normalized spacial score (nSPS) is 20.8. The fourth-order valence-corrected chi connectivity index (χ4v) is 6.11. The van der Waals surface area contributed by atoms with E-state index in [-0.39, 0.29) is 29.4 Å². The molecule has 1 saturated heterocycles. The number of sulfone groups is 1. The molecular weight excluding hydrogens is 366 g/mol. The molecule has 0 radical (unpaired) electrons. The molecule has 0 spiro atoms. The van der Waals surface area contributed by atoms with Crippen LogP contribution in [0.5, 0.6) is 11.5 Å². The molecule has 2 fully saturated rings. The zero-order chi connectivity index (χ0) is 19.4. The van der Waals surface area contributed by atoms with Crippen molar-refractivity contribution in [2.75, 3.05) is 26.5 Å². The van der Waals surface area contributed by atoms with Gasteiger partial charge < -0.3 is 14.4 Å². The summed E-state index contributed by atoms with van der Waals surface area (Å²) in [5.74, 6) is 1.27. The quantitative estimate of drug-likeness (QED) is 0.709. The van der Waals surface area contributed by atoms with Gasteiger partial charge in [-0.3, -0.25) is 4.79 Å². The molecule has 0 aromatic heterocycles. The molecule has 7 heteroatoms. The fourth-order valence-electron chi connectivity index (χ4n) is 4.27. The molecular formula is C20H29NO5S. The van der Waals surface area contributed by atoms with Crippen molar-refractivity contribution in [2.24, 2.45) is 0 Å². The minimum atomic E-state index is -3.18. The lowest BCUT2D eigenvalue weighted by Crippen LogP contribution is -2.33. The predicted octanol–water partition coefficient (Wildman–Crippen LogP) is 3.11. The van der Waals surface area contributed by atoms with Crippen LogP contribution in [0.15, 0.2) is 18.2 Å². The maximum absolute atomic E-state index is 12.8. The summed E-state index contributed by atoms with van der Waals surface area (Å²) in [5, 5.41) is -0.249. The fraction of sp³-hybridized carbons (Fsp3) is 0.650. The van der Waals surface area contributed by atoms with Crippen LogP contribution in [0, 0.1) is 0 Å². The van der Waals surface area contributed by atoms with Gasteiger partial charge in [0.2, 0.25) is 5.91 Å². The van der Waals surface area contributed by atoms with Crippen LogP contribution in [-0.4, -0.2) is 51.0 Å². The second kappa shape index (κ2) is 8.50. The van der Waals surface area contributed by atoms with Gasteiger partial charge in [-0.15, -0.1) is 0 Å². The topological polar surface area (TPSA) is 72.9 Å². The molecule has 1 saturated carbocycles. The molecule has 150 valence electrons. The van der Waals surface area contributed by atoms with E-state index in [9.17, 15) is 13.2 Å². The molecule has 1 amide bonds. The van der Waals surface area contributed by atoms with Crippen LogP contribution in [0.3, 0.4) is 0 Å². The number of hydrogen-bond donors (Lipinski definition) is 0. The Labute approximate surface area is 161 Å². The number of ether oxygens (including phenoxy) is 2. The molecule has 27 heavy (non-hydrogen) atoms. The summed E-state index contributed by atoms with van der Waals surface area (Å²) in [4.78, 5) is 14.6. The first kappa shape index (κ1) is 20.0. The van der Waals surface area contributed by atoms with Gasteiger partial charge >= 0.3 is 0 Å². The van der Waals surface area contributed by atoms with Crippen LogP contribution in [0.25, 0.3) is 0 Å². The van der Waals surface area contributed by atoms with Gasteiger partial charge in [0.05, 0.1) is 31.3 Å². The Bertz CT molecular complexity index is 771. The number of hydrogen-bond acceptors (Lipinski definition) is 5. The molecule has 1 aromatic rings. The minimum Gasteiger partial charge on any atom is -0.497 e. The molecule has 2 aliphatic rings. The van der Waals surface area contributed by atoms with E-state index in [2.05, 4.69) is 0 Å². The highest BCUT2D eigenvalue weighted by molar-refractivity contribution is 7.92. The standard InChI is InChI=1S/C20H29NO5S/c1-25-15-9-10-17(19(14-15)26-2)18-8-5-12-21(18)20(22)11-13-27(23,24)16-6-3-4-7-16/h9-10,14,16,18H,3-8,11-13H2,1-2H3. The van der Waals surface area contributed by atoms with Crippen LogP contribution >= 0.6 is 0 Å². The third-order valence-electron chi connectivity index (χ3n) is 5.78. The summed E-state index contributed by atoms with van der Waals surface area (Å²) in [6.07, 6.45) is 5.25. The Hall–Kier alpha value is -1.76. The van der Waals surface area contributed by atoms with Crippen LogP contribution in [0.4, 0.5) is 0 Å². The average molecular weight is 396 g/mol. The van der Waals surface area contributed by atoms with Gasteiger partial charge in [0, 0.05) is 24.6 Å². The highest BCUT2D eigenvalue weighted by Gasteiger charge is 2.34. The van der Waals surface area contributed by atoms with Gasteiger partial charge in [-0.1, -0.05) is 12.8 Å². The lowest BCUT2D eigenvalue weighted by atomic mass is 10.0. The third-order valence-corrected chi connectivity index (χ3v) is 8.04. The summed E-state index contributed by atoms with van der Waals surface area (Å²) in [6, 6.07) is 5.54. The number of methoxy groups -OCH3 is 2. The second-order valence-corrected chi connectivity index (χ2v) is 9.78. The van der Waals surface area contributed by atoms with Gasteiger partial charge in [0.25, 0.3) is 0 Å². The first-order chi connectivity index (χ1) is 13.0. The molecule has 0 N–H and O–H groups in total. The van der Waals surface area contributed by atoms with Crippen molar-refractivity contribution in [3.8, 4) is 11.5 Å². The Morgan fingerprint density at radius 3 is 2.52 bits per heavy atom. The van der Waals surface area contributed by atoms with Crippen LogP contribution in [-0.2, 0) is 14.6 Å². The number of carbonyl (C=O) groups is 1. The third kappa shape index (κ3) is 4.39. The number of amides is 1. The maximum atomic E-state index is 12.8. The summed E-state index contributed by atoms with van der Waals surface area (Å²) >= 11 is 0. The number of nitrogens with zero attached hydrogens (tertiary/aromatic N) is 1. The monoisotopic (exact) mass is 395 g/mol.